The average molecular weight is 223 g/mol. The van der Waals surface area contributed by atoms with Gasteiger partial charge in [0.1, 0.15) is 0 Å². The van der Waals surface area contributed by atoms with Crippen LogP contribution in [0.5, 0.6) is 0 Å². The van der Waals surface area contributed by atoms with Gasteiger partial charge in [-0.1, -0.05) is 18.2 Å². The number of unbranched alkanes of at least 4 members (excludes halogenated alkanes) is 1. The first-order valence-corrected chi connectivity index (χ1v) is 5.53. The normalized spacial score (nSPS) is 9.67. The number of hydrogen-bond donors (Lipinski definition) is 3. The van der Waals surface area contributed by atoms with Crippen LogP contribution in [-0.4, -0.2) is 18.2 Å². The lowest BCUT2D eigenvalue weighted by Crippen LogP contribution is -2.29. The SMILES string of the molecule is NCCCCNC(=S)Nc1ccccc1. The highest BCUT2D eigenvalue weighted by atomic mass is 32.1. The zero-order valence-corrected chi connectivity index (χ0v) is 9.52. The van der Waals surface area contributed by atoms with Crippen molar-refractivity contribution in [3.05, 3.63) is 30.3 Å². The molecule has 1 rings (SSSR count). The molecule has 0 bridgehead atoms. The van der Waals surface area contributed by atoms with Crippen LogP contribution in [0.15, 0.2) is 30.3 Å². The Balaban J connectivity index is 2.19. The predicted octanol–water partition coefficient (Wildman–Crippen LogP) is 1.71. The van der Waals surface area contributed by atoms with E-state index < -0.39 is 0 Å². The summed E-state index contributed by atoms with van der Waals surface area (Å²) in [6.45, 7) is 1.61. The van der Waals surface area contributed by atoms with E-state index in [2.05, 4.69) is 10.6 Å². The van der Waals surface area contributed by atoms with Gasteiger partial charge in [-0.3, -0.25) is 0 Å². The second-order valence-electron chi connectivity index (χ2n) is 3.24. The van der Waals surface area contributed by atoms with Crippen molar-refractivity contribution in [3.8, 4) is 0 Å². The molecule has 0 heterocycles. The van der Waals surface area contributed by atoms with Crippen molar-refractivity contribution in [3.63, 3.8) is 0 Å². The molecule has 4 N–H and O–H groups in total. The van der Waals surface area contributed by atoms with E-state index in [-0.39, 0.29) is 0 Å². The number of benzene rings is 1. The fourth-order valence-corrected chi connectivity index (χ4v) is 1.39. The molecular weight excluding hydrogens is 206 g/mol. The Bertz CT molecular complexity index is 287. The Kier molecular flexibility index (Phi) is 5.73. The number of para-hydroxylation sites is 1. The molecule has 0 saturated carbocycles. The standard InChI is InChI=1S/C11H17N3S/c12-8-4-5-9-13-11(15)14-10-6-2-1-3-7-10/h1-3,6-7H,4-5,8-9,12H2,(H2,13,14,15). The van der Waals surface area contributed by atoms with Gasteiger partial charge in [-0.2, -0.15) is 0 Å². The third-order valence-corrected chi connectivity index (χ3v) is 2.19. The minimum Gasteiger partial charge on any atom is -0.362 e. The maximum absolute atomic E-state index is 5.39. The highest BCUT2D eigenvalue weighted by Gasteiger charge is 1.95. The summed E-state index contributed by atoms with van der Waals surface area (Å²) < 4.78 is 0. The topological polar surface area (TPSA) is 50.1 Å². The Hall–Kier alpha value is -1.13. The van der Waals surface area contributed by atoms with Gasteiger partial charge in [0.15, 0.2) is 5.11 Å². The lowest BCUT2D eigenvalue weighted by Gasteiger charge is -2.09. The molecule has 0 spiro atoms. The van der Waals surface area contributed by atoms with Gasteiger partial charge < -0.3 is 16.4 Å². The first-order chi connectivity index (χ1) is 7.33. The van der Waals surface area contributed by atoms with Gasteiger partial charge in [0.25, 0.3) is 0 Å². The Morgan fingerprint density at radius 1 is 1.20 bits per heavy atom. The summed E-state index contributed by atoms with van der Waals surface area (Å²) in [5.74, 6) is 0. The summed E-state index contributed by atoms with van der Waals surface area (Å²) >= 11 is 5.13. The van der Waals surface area contributed by atoms with Crippen molar-refractivity contribution in [2.45, 2.75) is 12.8 Å². The molecule has 1 aromatic carbocycles. The van der Waals surface area contributed by atoms with Gasteiger partial charge in [-0.25, -0.2) is 0 Å². The molecule has 0 saturated heterocycles. The van der Waals surface area contributed by atoms with E-state index in [1.54, 1.807) is 0 Å². The van der Waals surface area contributed by atoms with Crippen molar-refractivity contribution in [2.24, 2.45) is 5.73 Å². The fraction of sp³-hybridized carbons (Fsp3) is 0.364. The van der Waals surface area contributed by atoms with Crippen molar-refractivity contribution >= 4 is 23.0 Å². The molecule has 82 valence electrons. The van der Waals surface area contributed by atoms with Gasteiger partial charge in [0, 0.05) is 12.2 Å². The third-order valence-electron chi connectivity index (χ3n) is 1.95. The van der Waals surface area contributed by atoms with E-state index in [0.717, 1.165) is 31.6 Å². The van der Waals surface area contributed by atoms with Gasteiger partial charge in [0.05, 0.1) is 0 Å². The van der Waals surface area contributed by atoms with E-state index in [1.165, 1.54) is 0 Å². The van der Waals surface area contributed by atoms with Crippen molar-refractivity contribution < 1.29 is 0 Å². The van der Waals surface area contributed by atoms with Crippen LogP contribution < -0.4 is 16.4 Å². The maximum atomic E-state index is 5.39. The molecule has 3 nitrogen and oxygen atoms in total. The predicted molar refractivity (Wildman–Crippen MR) is 69.0 cm³/mol. The van der Waals surface area contributed by atoms with Crippen LogP contribution in [0.25, 0.3) is 0 Å². The number of hydrogen-bond acceptors (Lipinski definition) is 2. The zero-order valence-electron chi connectivity index (χ0n) is 8.70. The lowest BCUT2D eigenvalue weighted by molar-refractivity contribution is 0.720. The first-order valence-electron chi connectivity index (χ1n) is 5.13. The van der Waals surface area contributed by atoms with Crippen LogP contribution >= 0.6 is 12.2 Å². The molecule has 4 heteroatoms. The number of nitrogens with two attached hydrogens (primary N) is 1. The molecule has 0 aliphatic rings. The van der Waals surface area contributed by atoms with Crippen LogP contribution in [0.1, 0.15) is 12.8 Å². The summed E-state index contributed by atoms with van der Waals surface area (Å²) in [5.41, 5.74) is 6.40. The Morgan fingerprint density at radius 2 is 1.93 bits per heavy atom. The van der Waals surface area contributed by atoms with Crippen LogP contribution in [-0.2, 0) is 0 Å². The summed E-state index contributed by atoms with van der Waals surface area (Å²) in [6, 6.07) is 9.88. The van der Waals surface area contributed by atoms with Crippen LogP contribution in [0.3, 0.4) is 0 Å². The summed E-state index contributed by atoms with van der Waals surface area (Å²) in [6.07, 6.45) is 2.08. The minimum atomic E-state index is 0.665. The van der Waals surface area contributed by atoms with Crippen molar-refractivity contribution in [1.29, 1.82) is 0 Å². The van der Waals surface area contributed by atoms with Gasteiger partial charge >= 0.3 is 0 Å². The molecular formula is C11H17N3S. The van der Waals surface area contributed by atoms with Crippen molar-refractivity contribution in [1.82, 2.24) is 5.32 Å². The maximum Gasteiger partial charge on any atom is 0.170 e. The van der Waals surface area contributed by atoms with E-state index in [4.69, 9.17) is 18.0 Å². The molecule has 0 aromatic heterocycles. The van der Waals surface area contributed by atoms with Gasteiger partial charge in [0.2, 0.25) is 0 Å². The number of rotatable bonds is 5. The summed E-state index contributed by atoms with van der Waals surface area (Å²) in [5, 5.41) is 6.90. The fourth-order valence-electron chi connectivity index (χ4n) is 1.17. The second-order valence-corrected chi connectivity index (χ2v) is 3.65. The second kappa shape index (κ2) is 7.20. The molecule has 0 fully saturated rings. The molecule has 1 aromatic rings. The molecule has 0 unspecified atom stereocenters. The molecule has 0 aliphatic heterocycles. The summed E-state index contributed by atoms with van der Waals surface area (Å²) in [7, 11) is 0. The number of thiocarbonyl (C=S) groups is 1. The third kappa shape index (κ3) is 5.34. The Morgan fingerprint density at radius 3 is 2.60 bits per heavy atom. The van der Waals surface area contributed by atoms with Crippen LogP contribution in [0.4, 0.5) is 5.69 Å². The number of nitrogens with one attached hydrogen (secondary N) is 2. The molecule has 0 aliphatic carbocycles. The highest BCUT2D eigenvalue weighted by molar-refractivity contribution is 7.80. The van der Waals surface area contributed by atoms with Crippen LogP contribution in [0.2, 0.25) is 0 Å². The van der Waals surface area contributed by atoms with E-state index >= 15 is 0 Å². The average Bonchev–Trinajstić information content (AvgIpc) is 2.26. The van der Waals surface area contributed by atoms with Crippen LogP contribution in [0, 0.1) is 0 Å². The van der Waals surface area contributed by atoms with E-state index in [1.807, 2.05) is 30.3 Å². The van der Waals surface area contributed by atoms with E-state index in [0.29, 0.717) is 5.11 Å². The minimum absolute atomic E-state index is 0.665. The lowest BCUT2D eigenvalue weighted by atomic mass is 10.3. The van der Waals surface area contributed by atoms with E-state index in [9.17, 15) is 0 Å². The highest BCUT2D eigenvalue weighted by Crippen LogP contribution is 2.04. The smallest absolute Gasteiger partial charge is 0.170 e. The molecule has 15 heavy (non-hydrogen) atoms. The zero-order chi connectivity index (χ0) is 10.9. The molecule has 0 radical (unpaired) electrons. The first kappa shape index (κ1) is 11.9. The molecule has 0 amide bonds. The summed E-state index contributed by atoms with van der Waals surface area (Å²) in [4.78, 5) is 0. The van der Waals surface area contributed by atoms with Gasteiger partial charge in [-0.15, -0.1) is 0 Å². The Labute approximate surface area is 96.1 Å². The largest absolute Gasteiger partial charge is 0.362 e. The quantitative estimate of drug-likeness (QED) is 0.525. The monoisotopic (exact) mass is 223 g/mol. The van der Waals surface area contributed by atoms with Crippen molar-refractivity contribution in [2.75, 3.05) is 18.4 Å². The number of anilines is 1. The molecule has 0 atom stereocenters. The van der Waals surface area contributed by atoms with Gasteiger partial charge in [-0.05, 0) is 43.7 Å².